The number of rotatable bonds is 8. The van der Waals surface area contributed by atoms with Crippen molar-refractivity contribution in [2.45, 2.75) is 24.2 Å². The van der Waals surface area contributed by atoms with Gasteiger partial charge < -0.3 is 31.2 Å². The third-order valence-corrected chi connectivity index (χ3v) is 5.64. The molecule has 2 heterocycles. The first-order valence-corrected chi connectivity index (χ1v) is 12.0. The monoisotopic (exact) mass is 710 g/mol. The predicted molar refractivity (Wildman–Crippen MR) is 137 cm³/mol. The zero-order valence-corrected chi connectivity index (χ0v) is 27.9. The summed E-state index contributed by atoms with van der Waals surface area (Å²) >= 11 is 2.58. The molecule has 0 spiro atoms. The Balaban J connectivity index is 0. The number of urea groups is 2. The van der Waals surface area contributed by atoms with Crippen molar-refractivity contribution in [2.24, 2.45) is 0 Å². The Morgan fingerprint density at radius 3 is 1.42 bits per heavy atom. The molecule has 2 radical (unpaired) electrons. The van der Waals surface area contributed by atoms with Gasteiger partial charge in [-0.3, -0.25) is 33.3 Å². The largest absolute Gasteiger partial charge is 0.490 e. The number of aryl methyl sites for hydroxylation is 2. The van der Waals surface area contributed by atoms with Crippen LogP contribution < -0.4 is 32.4 Å². The molecular weight excluding hydrogens is 686 g/mol. The maximum Gasteiger partial charge on any atom is 0.285 e. The number of H-pyrrole nitrogens is 2. The second kappa shape index (κ2) is 21.1. The van der Waals surface area contributed by atoms with Crippen LogP contribution in [0.2, 0.25) is 0 Å². The smallest absolute Gasteiger partial charge is 0.285 e. The first kappa shape index (κ1) is 38.3. The van der Waals surface area contributed by atoms with Crippen LogP contribution in [0.25, 0.3) is 9.69 Å². The van der Waals surface area contributed by atoms with Crippen molar-refractivity contribution in [1.82, 2.24) is 41.2 Å². The van der Waals surface area contributed by atoms with Crippen LogP contribution in [0, 0.1) is 41.1 Å². The zero-order chi connectivity index (χ0) is 27.1. The summed E-state index contributed by atoms with van der Waals surface area (Å²) in [5, 5.41) is 10.3. The Morgan fingerprint density at radius 1 is 0.816 bits per heavy atom. The van der Waals surface area contributed by atoms with Crippen LogP contribution in [0.1, 0.15) is 11.4 Å². The van der Waals surface area contributed by atoms with Crippen molar-refractivity contribution in [1.29, 1.82) is 0 Å². The topological polar surface area (TPSA) is 182 Å². The van der Waals surface area contributed by atoms with Gasteiger partial charge in [0, 0.05) is 90.0 Å². The van der Waals surface area contributed by atoms with Gasteiger partial charge in [0.15, 0.2) is 10.3 Å². The van der Waals surface area contributed by atoms with Gasteiger partial charge in [-0.15, -0.1) is 0 Å². The molecule has 2 rings (SSSR count). The molecule has 4 amide bonds. The summed E-state index contributed by atoms with van der Waals surface area (Å²) in [5.41, 5.74) is -0.0610. The molecule has 0 aliphatic heterocycles. The minimum Gasteiger partial charge on any atom is -0.490 e. The summed E-state index contributed by atoms with van der Waals surface area (Å²) in [7, 11) is 6.42. The van der Waals surface area contributed by atoms with Gasteiger partial charge in [0.2, 0.25) is 0 Å². The van der Waals surface area contributed by atoms with E-state index in [1.807, 2.05) is 0 Å². The predicted octanol–water partition coefficient (Wildman–Crippen LogP) is 1.62. The van der Waals surface area contributed by atoms with Crippen molar-refractivity contribution < 1.29 is 75.0 Å². The van der Waals surface area contributed by atoms with Crippen LogP contribution in [-0.2, 0) is 65.4 Å². The first-order chi connectivity index (χ1) is 17.2. The van der Waals surface area contributed by atoms with Gasteiger partial charge in [-0.1, -0.05) is 23.5 Å². The number of hydrogen-bond donors (Lipinski definition) is 6. The standard InChI is InChI=1S/2C10H12N5O2S.2Y/c2*1-6-7(11-2)8(16)15-10(14-6)18-5-4-13-9(17)12-3;;/h2*3-5H2,1H3,(H2,12,13,17)(H,14,15,16);;/q2*-1;;. The molecule has 0 aliphatic carbocycles. The molecule has 0 fully saturated rings. The molecule has 0 unspecified atom stereocenters. The normalized spacial score (nSPS) is 9.11. The average molecular weight is 710 g/mol. The van der Waals surface area contributed by atoms with Crippen LogP contribution in [0.4, 0.5) is 21.0 Å². The summed E-state index contributed by atoms with van der Waals surface area (Å²) in [6.07, 6.45) is 0. The Kier molecular flexibility index (Phi) is 21.2. The number of carbonyl (C=O) groups is 2. The van der Waals surface area contributed by atoms with E-state index in [2.05, 4.69) is 65.0 Å². The molecule has 2 aromatic heterocycles. The average Bonchev–Trinajstić information content (AvgIpc) is 2.84. The maximum atomic E-state index is 11.5. The Morgan fingerprint density at radius 2 is 1.16 bits per heavy atom. The van der Waals surface area contributed by atoms with E-state index < -0.39 is 11.1 Å². The molecule has 38 heavy (non-hydrogen) atoms. The Labute approximate surface area is 278 Å². The second-order valence-electron chi connectivity index (χ2n) is 6.40. The summed E-state index contributed by atoms with van der Waals surface area (Å²) < 4.78 is 0. The molecule has 18 heteroatoms. The number of thioether (sulfide) groups is 2. The molecule has 14 nitrogen and oxygen atoms in total. The van der Waals surface area contributed by atoms with Crippen LogP contribution in [-0.4, -0.2) is 56.6 Å². The van der Waals surface area contributed by atoms with Crippen LogP contribution in [0.15, 0.2) is 19.9 Å². The van der Waals surface area contributed by atoms with Crippen LogP contribution >= 0.6 is 23.5 Å². The van der Waals surface area contributed by atoms with E-state index >= 15 is 0 Å². The van der Waals surface area contributed by atoms with E-state index in [1.165, 1.54) is 23.5 Å². The molecule has 0 saturated carbocycles. The van der Waals surface area contributed by atoms with Gasteiger partial charge in [0.25, 0.3) is 34.6 Å². The van der Waals surface area contributed by atoms with E-state index in [4.69, 9.17) is 13.1 Å². The van der Waals surface area contributed by atoms with Crippen molar-refractivity contribution >= 4 is 47.0 Å². The zero-order valence-electron chi connectivity index (χ0n) is 20.6. The van der Waals surface area contributed by atoms with Crippen molar-refractivity contribution in [3.05, 3.63) is 69.0 Å². The van der Waals surface area contributed by atoms with E-state index in [0.717, 1.165) is 0 Å². The molecule has 198 valence electrons. The number of nitrogens with zero attached hydrogens (tertiary/aromatic N) is 4. The molecule has 0 atom stereocenters. The quantitative estimate of drug-likeness (QED) is 0.103. The Bertz CT molecular complexity index is 1180. The molecule has 0 saturated heterocycles. The second-order valence-corrected chi connectivity index (χ2v) is 8.56. The third-order valence-electron chi connectivity index (χ3n) is 3.89. The summed E-state index contributed by atoms with van der Waals surface area (Å²) in [6.45, 7) is 17.7. The first-order valence-electron chi connectivity index (χ1n) is 10.0. The number of nitrogens with one attached hydrogen (secondary N) is 6. The van der Waals surface area contributed by atoms with Gasteiger partial charge in [0.05, 0.1) is 24.5 Å². The van der Waals surface area contributed by atoms with Gasteiger partial charge >= 0.3 is 0 Å². The summed E-state index contributed by atoms with van der Waals surface area (Å²) in [5.74, 6) is 1.10. The number of hydrogen-bond acceptors (Lipinski definition) is 8. The van der Waals surface area contributed by atoms with E-state index in [0.29, 0.717) is 46.3 Å². The summed E-state index contributed by atoms with van der Waals surface area (Å²) in [6, 6.07) is -0.729. The third kappa shape index (κ3) is 13.8. The van der Waals surface area contributed by atoms with Crippen molar-refractivity contribution in [3.63, 3.8) is 0 Å². The fourth-order valence-corrected chi connectivity index (χ4v) is 3.78. The number of aromatic amines is 2. The van der Waals surface area contributed by atoms with Crippen molar-refractivity contribution in [3.8, 4) is 0 Å². The molecule has 6 N–H and O–H groups in total. The maximum absolute atomic E-state index is 11.5. The van der Waals surface area contributed by atoms with Gasteiger partial charge in [-0.05, 0) is 13.8 Å². The molecule has 0 aromatic carbocycles. The Hall–Kier alpha value is -1.81. The summed E-state index contributed by atoms with van der Waals surface area (Å²) in [4.78, 5) is 64.0. The van der Waals surface area contributed by atoms with Gasteiger partial charge in [-0.25, -0.2) is 19.7 Å². The fraction of sp³-hybridized carbons (Fsp3) is 0.300. The molecule has 2 aromatic rings. The molecule has 0 aliphatic rings. The van der Waals surface area contributed by atoms with Crippen molar-refractivity contribution in [2.75, 3.05) is 24.6 Å². The fourth-order valence-electron chi connectivity index (χ4n) is 2.26. The minimum absolute atomic E-state index is 0. The molecular formula is C20H24N10O4S2Y2-2. The number of amides is 4. The number of aromatic nitrogens is 4. The SMILES string of the molecule is [C-]#[N+]c1c(C)nc(SCCNC(=O)N[CH2-])[nH]c1=O.[C-]#[N+]c1c(C)nc(SCCNC(=O)N[CH2-])[nH]c1=O.[Y].[Y]. The van der Waals surface area contributed by atoms with Crippen LogP contribution in [0.3, 0.4) is 0 Å². The number of carbonyl (C=O) groups excluding carboxylic acids is 2. The van der Waals surface area contributed by atoms with Crippen LogP contribution in [0.5, 0.6) is 0 Å². The van der Waals surface area contributed by atoms with Gasteiger partial charge in [-0.2, -0.15) is 0 Å². The molecule has 0 bridgehead atoms. The van der Waals surface area contributed by atoms with E-state index in [1.54, 1.807) is 13.8 Å². The van der Waals surface area contributed by atoms with E-state index in [-0.39, 0.29) is 88.9 Å². The van der Waals surface area contributed by atoms with E-state index in [9.17, 15) is 19.2 Å². The minimum atomic E-state index is -0.441. The van der Waals surface area contributed by atoms with Gasteiger partial charge in [0.1, 0.15) is 0 Å².